The minimum Gasteiger partial charge on any atom is -0.491 e. The van der Waals surface area contributed by atoms with E-state index in [1.807, 2.05) is 0 Å². The molecule has 0 radical (unpaired) electrons. The molecule has 26 heavy (non-hydrogen) atoms. The molecule has 8 nitrogen and oxygen atoms in total. The Balaban J connectivity index is 0.000000151. The van der Waals surface area contributed by atoms with E-state index in [9.17, 15) is 0 Å². The average Bonchev–Trinajstić information content (AvgIpc) is 3.33. The van der Waals surface area contributed by atoms with Gasteiger partial charge in [-0.05, 0) is 24.3 Å². The van der Waals surface area contributed by atoms with E-state index in [1.54, 1.807) is 36.4 Å². The number of hydrogen-bond acceptors (Lipinski definition) is 8. The highest BCUT2D eigenvalue weighted by atomic mass is 16.7. The molecule has 2 aromatic rings. The average molecular weight is 364 g/mol. The summed E-state index contributed by atoms with van der Waals surface area (Å²) in [4.78, 5) is 0. The van der Waals surface area contributed by atoms with Gasteiger partial charge in [0, 0.05) is 12.1 Å². The fraction of sp³-hybridized carbons (Fsp3) is 0.333. The molecule has 2 aliphatic rings. The summed E-state index contributed by atoms with van der Waals surface area (Å²) in [5, 5.41) is 17.1. The summed E-state index contributed by atoms with van der Waals surface area (Å²) in [5.74, 6) is 4.20. The molecular formula is C18H20O8. The van der Waals surface area contributed by atoms with Crippen LogP contribution in [0.3, 0.4) is 0 Å². The molecule has 0 saturated heterocycles. The second-order valence-corrected chi connectivity index (χ2v) is 5.17. The molecule has 2 aliphatic heterocycles. The largest absolute Gasteiger partial charge is 0.491 e. The molecule has 2 aromatic carbocycles. The highest BCUT2D eigenvalue weighted by Gasteiger charge is 2.14. The van der Waals surface area contributed by atoms with E-state index in [-0.39, 0.29) is 26.8 Å². The molecule has 0 atom stereocenters. The number of aliphatic hydroxyl groups excluding tert-OH is 2. The standard InChI is InChI=1S/2C9H10O4/c2*10-3-4-11-7-1-2-8-9(5-7)13-6-12-8/h2*1-2,5,10H,3-4,6H2. The van der Waals surface area contributed by atoms with Crippen LogP contribution in [0.4, 0.5) is 0 Å². The number of fused-ring (bicyclic) bond motifs is 2. The third-order valence-corrected chi connectivity index (χ3v) is 3.41. The Bertz CT molecular complexity index is 657. The van der Waals surface area contributed by atoms with E-state index in [2.05, 4.69) is 0 Å². The lowest BCUT2D eigenvalue weighted by Gasteiger charge is -2.04. The van der Waals surface area contributed by atoms with Crippen LogP contribution in [0.25, 0.3) is 0 Å². The van der Waals surface area contributed by atoms with Gasteiger partial charge in [0.25, 0.3) is 0 Å². The summed E-state index contributed by atoms with van der Waals surface area (Å²) in [7, 11) is 0. The van der Waals surface area contributed by atoms with Gasteiger partial charge < -0.3 is 38.6 Å². The Kier molecular flexibility index (Phi) is 6.24. The summed E-state index contributed by atoms with van der Waals surface area (Å²) in [6.07, 6.45) is 0. The van der Waals surface area contributed by atoms with Crippen molar-refractivity contribution in [3.8, 4) is 34.5 Å². The number of benzene rings is 2. The molecule has 2 heterocycles. The maximum absolute atomic E-state index is 8.54. The van der Waals surface area contributed by atoms with Crippen LogP contribution in [-0.2, 0) is 0 Å². The van der Waals surface area contributed by atoms with Crippen molar-refractivity contribution in [3.05, 3.63) is 36.4 Å². The van der Waals surface area contributed by atoms with Crippen molar-refractivity contribution in [2.24, 2.45) is 0 Å². The molecule has 0 bridgehead atoms. The van der Waals surface area contributed by atoms with Crippen LogP contribution in [0.5, 0.6) is 34.5 Å². The van der Waals surface area contributed by atoms with Gasteiger partial charge >= 0.3 is 0 Å². The summed E-state index contributed by atoms with van der Waals surface area (Å²) < 4.78 is 31.0. The first-order valence-corrected chi connectivity index (χ1v) is 8.07. The summed E-state index contributed by atoms with van der Waals surface area (Å²) in [5.41, 5.74) is 0. The van der Waals surface area contributed by atoms with Gasteiger partial charge in [-0.3, -0.25) is 0 Å². The Morgan fingerprint density at radius 3 is 1.50 bits per heavy atom. The predicted molar refractivity (Wildman–Crippen MR) is 90.3 cm³/mol. The Morgan fingerprint density at radius 2 is 1.08 bits per heavy atom. The van der Waals surface area contributed by atoms with E-state index < -0.39 is 0 Å². The van der Waals surface area contributed by atoms with Gasteiger partial charge in [0.2, 0.25) is 13.6 Å². The Labute approximate surface area is 150 Å². The predicted octanol–water partition coefficient (Wildman–Crippen LogP) is 1.57. The summed E-state index contributed by atoms with van der Waals surface area (Å²) in [6.45, 7) is 1.12. The highest BCUT2D eigenvalue weighted by molar-refractivity contribution is 5.47. The van der Waals surface area contributed by atoms with E-state index in [0.717, 1.165) is 11.5 Å². The first kappa shape index (κ1) is 18.0. The van der Waals surface area contributed by atoms with Crippen LogP contribution in [0, 0.1) is 0 Å². The molecule has 0 saturated carbocycles. The summed E-state index contributed by atoms with van der Waals surface area (Å²) >= 11 is 0. The lowest BCUT2D eigenvalue weighted by molar-refractivity contribution is 0.173. The van der Waals surface area contributed by atoms with Crippen LogP contribution >= 0.6 is 0 Å². The van der Waals surface area contributed by atoms with E-state index >= 15 is 0 Å². The molecule has 0 aliphatic carbocycles. The zero-order valence-corrected chi connectivity index (χ0v) is 14.1. The van der Waals surface area contributed by atoms with Crippen molar-refractivity contribution < 1.29 is 38.6 Å². The van der Waals surface area contributed by atoms with Crippen LogP contribution in [0.2, 0.25) is 0 Å². The lowest BCUT2D eigenvalue weighted by Crippen LogP contribution is -2.01. The second-order valence-electron chi connectivity index (χ2n) is 5.17. The molecule has 2 N–H and O–H groups in total. The van der Waals surface area contributed by atoms with Gasteiger partial charge in [0.05, 0.1) is 13.2 Å². The molecule has 4 rings (SSSR count). The smallest absolute Gasteiger partial charge is 0.231 e. The van der Waals surface area contributed by atoms with Crippen molar-refractivity contribution in [2.75, 3.05) is 40.0 Å². The molecule has 0 spiro atoms. The minimum absolute atomic E-state index is 0.00837. The molecular weight excluding hydrogens is 344 g/mol. The first-order valence-electron chi connectivity index (χ1n) is 8.07. The number of aliphatic hydroxyl groups is 2. The maximum atomic E-state index is 8.54. The molecule has 0 aromatic heterocycles. The first-order chi connectivity index (χ1) is 12.8. The third kappa shape index (κ3) is 4.62. The highest BCUT2D eigenvalue weighted by Crippen LogP contribution is 2.35. The lowest BCUT2D eigenvalue weighted by atomic mass is 10.3. The van der Waals surface area contributed by atoms with Crippen molar-refractivity contribution in [1.82, 2.24) is 0 Å². The van der Waals surface area contributed by atoms with Gasteiger partial charge in [0.1, 0.15) is 24.7 Å². The van der Waals surface area contributed by atoms with Gasteiger partial charge in [-0.25, -0.2) is 0 Å². The van der Waals surface area contributed by atoms with Gasteiger partial charge in [0.15, 0.2) is 23.0 Å². The van der Waals surface area contributed by atoms with Crippen molar-refractivity contribution in [3.63, 3.8) is 0 Å². The van der Waals surface area contributed by atoms with Crippen LogP contribution in [-0.4, -0.2) is 50.2 Å². The molecule has 140 valence electrons. The SMILES string of the molecule is OCCOc1ccc2c(c1)OCO2.OCCOc1ccc2c(c1)OCO2. The van der Waals surface area contributed by atoms with E-state index in [1.165, 1.54) is 0 Å². The summed E-state index contributed by atoms with van der Waals surface area (Å²) in [6, 6.07) is 10.6. The molecule has 0 amide bonds. The molecule has 0 fully saturated rings. The maximum Gasteiger partial charge on any atom is 0.231 e. The van der Waals surface area contributed by atoms with E-state index in [4.69, 9.17) is 38.6 Å². The zero-order chi connectivity index (χ0) is 18.2. The number of rotatable bonds is 6. The monoisotopic (exact) mass is 364 g/mol. The normalized spacial score (nSPS) is 13.0. The molecule has 8 heteroatoms. The zero-order valence-electron chi connectivity index (χ0n) is 14.1. The Morgan fingerprint density at radius 1 is 0.654 bits per heavy atom. The fourth-order valence-corrected chi connectivity index (χ4v) is 2.26. The second kappa shape index (κ2) is 9.02. The van der Waals surface area contributed by atoms with Gasteiger partial charge in [-0.2, -0.15) is 0 Å². The van der Waals surface area contributed by atoms with Gasteiger partial charge in [-0.1, -0.05) is 0 Å². The van der Waals surface area contributed by atoms with Gasteiger partial charge in [-0.15, -0.1) is 0 Å². The topological polar surface area (TPSA) is 95.8 Å². The van der Waals surface area contributed by atoms with Crippen LogP contribution in [0.1, 0.15) is 0 Å². The quantitative estimate of drug-likeness (QED) is 0.798. The Hall–Kier alpha value is -2.84. The number of ether oxygens (including phenoxy) is 6. The molecule has 0 unspecified atom stereocenters. The third-order valence-electron chi connectivity index (χ3n) is 3.41. The van der Waals surface area contributed by atoms with Crippen LogP contribution < -0.4 is 28.4 Å². The van der Waals surface area contributed by atoms with Crippen molar-refractivity contribution >= 4 is 0 Å². The van der Waals surface area contributed by atoms with E-state index in [0.29, 0.717) is 36.2 Å². The van der Waals surface area contributed by atoms with Crippen LogP contribution in [0.15, 0.2) is 36.4 Å². The van der Waals surface area contributed by atoms with Crippen molar-refractivity contribution in [1.29, 1.82) is 0 Å². The minimum atomic E-state index is 0.00837. The fourth-order valence-electron chi connectivity index (χ4n) is 2.26. The number of hydrogen-bond donors (Lipinski definition) is 2. The van der Waals surface area contributed by atoms with Crippen molar-refractivity contribution in [2.45, 2.75) is 0 Å².